The number of rotatable bonds is 5. The van der Waals surface area contributed by atoms with E-state index < -0.39 is 5.60 Å². The number of ether oxygens (including phenoxy) is 1. The van der Waals surface area contributed by atoms with Gasteiger partial charge in [-0.15, -0.1) is 11.3 Å². The highest BCUT2D eigenvalue weighted by Gasteiger charge is 2.34. The predicted octanol–water partition coefficient (Wildman–Crippen LogP) is 2.77. The summed E-state index contributed by atoms with van der Waals surface area (Å²) < 4.78 is 5.42. The number of carbonyl (C=O) groups is 2. The van der Waals surface area contributed by atoms with Crippen molar-refractivity contribution in [3.63, 3.8) is 0 Å². The molecule has 1 aromatic heterocycles. The second-order valence-electron chi connectivity index (χ2n) is 6.82. The van der Waals surface area contributed by atoms with E-state index in [1.54, 1.807) is 4.90 Å². The van der Waals surface area contributed by atoms with Crippen molar-refractivity contribution in [2.24, 2.45) is 0 Å². The summed E-state index contributed by atoms with van der Waals surface area (Å²) in [5.41, 5.74) is 6.80. The van der Waals surface area contributed by atoms with Crippen LogP contribution in [0.1, 0.15) is 48.8 Å². The fourth-order valence-electron chi connectivity index (χ4n) is 2.13. The third kappa shape index (κ3) is 4.86. The van der Waals surface area contributed by atoms with Crippen LogP contribution in [0.15, 0.2) is 5.38 Å². The molecule has 3 N–H and O–H groups in total. The number of amides is 2. The van der Waals surface area contributed by atoms with Crippen LogP contribution < -0.4 is 11.1 Å². The van der Waals surface area contributed by atoms with Crippen molar-refractivity contribution in [1.82, 2.24) is 10.2 Å². The van der Waals surface area contributed by atoms with Gasteiger partial charge in [0, 0.05) is 19.1 Å². The number of carbonyl (C=O) groups excluding carboxylic acids is 2. The van der Waals surface area contributed by atoms with E-state index in [4.69, 9.17) is 10.5 Å². The lowest BCUT2D eigenvalue weighted by Crippen LogP contribution is -2.42. The molecule has 0 bridgehead atoms. The summed E-state index contributed by atoms with van der Waals surface area (Å²) in [5.74, 6) is -0.194. The SMILES string of the molecule is Cc1csc(C(=O)NCCN(C(=O)OC(C)(C)C)C2CC2)c1N. The number of nitrogens with zero attached hydrogens (tertiary/aromatic N) is 1. The molecule has 1 saturated carbocycles. The van der Waals surface area contributed by atoms with Crippen LogP contribution in [-0.4, -0.2) is 41.6 Å². The fourth-order valence-corrected chi connectivity index (χ4v) is 3.02. The maximum absolute atomic E-state index is 12.2. The van der Waals surface area contributed by atoms with Gasteiger partial charge in [-0.1, -0.05) is 0 Å². The first kappa shape index (κ1) is 17.6. The minimum atomic E-state index is -0.517. The zero-order valence-electron chi connectivity index (χ0n) is 14.1. The summed E-state index contributed by atoms with van der Waals surface area (Å²) >= 11 is 1.33. The van der Waals surface area contributed by atoms with E-state index in [9.17, 15) is 9.59 Å². The first-order valence-electron chi connectivity index (χ1n) is 7.80. The number of hydrogen-bond donors (Lipinski definition) is 2. The second-order valence-corrected chi connectivity index (χ2v) is 7.70. The minimum absolute atomic E-state index is 0.194. The van der Waals surface area contributed by atoms with Crippen LogP contribution in [0.5, 0.6) is 0 Å². The average molecular weight is 339 g/mol. The second kappa shape index (κ2) is 6.78. The Morgan fingerprint density at radius 1 is 1.43 bits per heavy atom. The minimum Gasteiger partial charge on any atom is -0.444 e. The molecule has 7 heteroatoms. The molecule has 2 amide bonds. The molecule has 1 aromatic rings. The largest absolute Gasteiger partial charge is 0.444 e. The van der Waals surface area contributed by atoms with Crippen molar-refractivity contribution in [2.45, 2.75) is 52.2 Å². The van der Waals surface area contributed by atoms with Crippen molar-refractivity contribution in [2.75, 3.05) is 18.8 Å². The Bertz CT molecular complexity index is 588. The summed E-state index contributed by atoms with van der Waals surface area (Å²) in [6.45, 7) is 8.24. The Morgan fingerprint density at radius 2 is 2.09 bits per heavy atom. The van der Waals surface area contributed by atoms with E-state index in [2.05, 4.69) is 5.32 Å². The summed E-state index contributed by atoms with van der Waals surface area (Å²) in [7, 11) is 0. The number of nitrogens with one attached hydrogen (secondary N) is 1. The smallest absolute Gasteiger partial charge is 0.410 e. The molecule has 0 saturated heterocycles. The topological polar surface area (TPSA) is 84.7 Å². The van der Waals surface area contributed by atoms with E-state index in [-0.39, 0.29) is 18.0 Å². The van der Waals surface area contributed by atoms with Gasteiger partial charge < -0.3 is 20.7 Å². The van der Waals surface area contributed by atoms with Crippen molar-refractivity contribution >= 4 is 29.0 Å². The predicted molar refractivity (Wildman–Crippen MR) is 91.8 cm³/mol. The Hall–Kier alpha value is -1.76. The van der Waals surface area contributed by atoms with Gasteiger partial charge in [-0.2, -0.15) is 0 Å². The van der Waals surface area contributed by atoms with Crippen molar-refractivity contribution in [3.8, 4) is 0 Å². The van der Waals surface area contributed by atoms with Crippen molar-refractivity contribution in [3.05, 3.63) is 15.8 Å². The molecule has 6 nitrogen and oxygen atoms in total. The van der Waals surface area contributed by atoms with Gasteiger partial charge in [0.25, 0.3) is 5.91 Å². The number of nitrogen functional groups attached to an aromatic ring is 1. The van der Waals surface area contributed by atoms with Crippen LogP contribution in [0, 0.1) is 6.92 Å². The lowest BCUT2D eigenvalue weighted by molar-refractivity contribution is 0.0234. The lowest BCUT2D eigenvalue weighted by Gasteiger charge is -2.27. The van der Waals surface area contributed by atoms with Gasteiger partial charge in [-0.05, 0) is 51.5 Å². The van der Waals surface area contributed by atoms with E-state index in [1.165, 1.54) is 11.3 Å². The molecule has 1 fully saturated rings. The zero-order valence-corrected chi connectivity index (χ0v) is 15.0. The number of anilines is 1. The van der Waals surface area contributed by atoms with Crippen molar-refractivity contribution in [1.29, 1.82) is 0 Å². The maximum atomic E-state index is 12.2. The standard InChI is InChI=1S/C16H25N3O3S/c1-10-9-23-13(12(10)17)14(20)18-7-8-19(11-5-6-11)15(21)22-16(2,3)4/h9,11H,5-8,17H2,1-4H3,(H,18,20). The average Bonchev–Trinajstić information content (AvgIpc) is 3.20. The number of aryl methyl sites for hydroxylation is 1. The van der Waals surface area contributed by atoms with Crippen LogP contribution in [-0.2, 0) is 4.74 Å². The molecule has 23 heavy (non-hydrogen) atoms. The Kier molecular flexibility index (Phi) is 5.19. The molecule has 0 spiro atoms. The lowest BCUT2D eigenvalue weighted by atomic mass is 10.2. The van der Waals surface area contributed by atoms with Gasteiger partial charge in [0.1, 0.15) is 10.5 Å². The highest BCUT2D eigenvalue weighted by molar-refractivity contribution is 7.12. The van der Waals surface area contributed by atoms with Gasteiger partial charge in [-0.25, -0.2) is 4.79 Å². The van der Waals surface area contributed by atoms with Crippen LogP contribution in [0.4, 0.5) is 10.5 Å². The maximum Gasteiger partial charge on any atom is 0.410 e. The summed E-state index contributed by atoms with van der Waals surface area (Å²) in [4.78, 5) is 26.6. The van der Waals surface area contributed by atoms with Crippen LogP contribution in [0.2, 0.25) is 0 Å². The van der Waals surface area contributed by atoms with E-state index in [0.717, 1.165) is 18.4 Å². The molecule has 0 aromatic carbocycles. The summed E-state index contributed by atoms with van der Waals surface area (Å²) in [6, 6.07) is 0.232. The van der Waals surface area contributed by atoms with Gasteiger partial charge in [0.2, 0.25) is 0 Å². The highest BCUT2D eigenvalue weighted by Crippen LogP contribution is 2.28. The fraction of sp³-hybridized carbons (Fsp3) is 0.625. The number of thiophene rings is 1. The molecule has 1 aliphatic carbocycles. The van der Waals surface area contributed by atoms with Gasteiger partial charge in [-0.3, -0.25) is 4.79 Å². The van der Waals surface area contributed by atoms with E-state index in [1.807, 2.05) is 33.1 Å². The highest BCUT2D eigenvalue weighted by atomic mass is 32.1. The third-order valence-corrected chi connectivity index (χ3v) is 4.60. The Balaban J connectivity index is 1.86. The molecule has 0 atom stereocenters. The quantitative estimate of drug-likeness (QED) is 0.864. The van der Waals surface area contributed by atoms with E-state index in [0.29, 0.717) is 23.7 Å². The monoisotopic (exact) mass is 339 g/mol. The first-order valence-corrected chi connectivity index (χ1v) is 8.68. The molecular weight excluding hydrogens is 314 g/mol. The first-order chi connectivity index (χ1) is 10.7. The van der Waals surface area contributed by atoms with Gasteiger partial charge in [0.15, 0.2) is 0 Å². The third-order valence-electron chi connectivity index (χ3n) is 3.48. The van der Waals surface area contributed by atoms with Gasteiger partial charge >= 0.3 is 6.09 Å². The van der Waals surface area contributed by atoms with Crippen LogP contribution in [0.3, 0.4) is 0 Å². The van der Waals surface area contributed by atoms with Crippen molar-refractivity contribution < 1.29 is 14.3 Å². The van der Waals surface area contributed by atoms with E-state index >= 15 is 0 Å². The van der Waals surface area contributed by atoms with Gasteiger partial charge in [0.05, 0.1) is 5.69 Å². The number of nitrogens with two attached hydrogens (primary N) is 1. The van der Waals surface area contributed by atoms with Crippen LogP contribution in [0.25, 0.3) is 0 Å². The summed E-state index contributed by atoms with van der Waals surface area (Å²) in [6.07, 6.45) is 1.66. The molecule has 1 heterocycles. The molecule has 0 aliphatic heterocycles. The molecule has 128 valence electrons. The zero-order chi connectivity index (χ0) is 17.2. The van der Waals surface area contributed by atoms with Crippen LogP contribution >= 0.6 is 11.3 Å². The normalized spacial score (nSPS) is 14.4. The molecule has 2 rings (SSSR count). The molecule has 0 radical (unpaired) electrons. The molecular formula is C16H25N3O3S. The molecule has 1 aliphatic rings. The number of hydrogen-bond acceptors (Lipinski definition) is 5. The summed E-state index contributed by atoms with van der Waals surface area (Å²) in [5, 5.41) is 4.69. The molecule has 0 unspecified atom stereocenters. The Labute approximate surface area is 141 Å². The Morgan fingerprint density at radius 3 is 2.57 bits per heavy atom.